The van der Waals surface area contributed by atoms with Gasteiger partial charge >= 0.3 is 0 Å². The molecule has 27 heavy (non-hydrogen) atoms. The van der Waals surface area contributed by atoms with Crippen molar-refractivity contribution in [3.8, 4) is 0 Å². The van der Waals surface area contributed by atoms with Gasteiger partial charge in [0.25, 0.3) is 0 Å². The summed E-state index contributed by atoms with van der Waals surface area (Å²) in [4.78, 5) is 32.4. The molecular formula is C22H31N3O2. The lowest BCUT2D eigenvalue weighted by Gasteiger charge is -2.37. The van der Waals surface area contributed by atoms with Crippen LogP contribution in [0.5, 0.6) is 0 Å². The number of carbonyl (C=O) groups excluding carboxylic acids is 2. The average molecular weight is 370 g/mol. The highest BCUT2D eigenvalue weighted by atomic mass is 16.2. The van der Waals surface area contributed by atoms with Gasteiger partial charge in [0, 0.05) is 49.7 Å². The van der Waals surface area contributed by atoms with Gasteiger partial charge in [0.05, 0.1) is 0 Å². The summed E-state index contributed by atoms with van der Waals surface area (Å²) in [7, 11) is 2.11. The molecule has 4 rings (SSSR count). The molecule has 0 aromatic heterocycles. The van der Waals surface area contributed by atoms with Crippen LogP contribution in [-0.4, -0.2) is 60.9 Å². The summed E-state index contributed by atoms with van der Waals surface area (Å²) >= 11 is 0. The molecule has 2 heterocycles. The van der Waals surface area contributed by atoms with Crippen LogP contribution in [0.2, 0.25) is 0 Å². The second-order valence-corrected chi connectivity index (χ2v) is 8.57. The molecule has 5 heteroatoms. The van der Waals surface area contributed by atoms with E-state index in [2.05, 4.69) is 37.1 Å². The first-order chi connectivity index (χ1) is 13.0. The van der Waals surface area contributed by atoms with E-state index in [4.69, 9.17) is 0 Å². The number of para-hydroxylation sites is 1. The highest BCUT2D eigenvalue weighted by molar-refractivity contribution is 5.97. The topological polar surface area (TPSA) is 43.9 Å². The molecule has 1 aliphatic carbocycles. The van der Waals surface area contributed by atoms with Crippen LogP contribution < -0.4 is 4.90 Å². The molecule has 1 saturated heterocycles. The van der Waals surface area contributed by atoms with E-state index in [0.29, 0.717) is 5.91 Å². The number of amides is 2. The van der Waals surface area contributed by atoms with Gasteiger partial charge in [0.15, 0.2) is 0 Å². The quantitative estimate of drug-likeness (QED) is 0.805. The SMILES string of the molecule is CC1Cc2ccccc2N1C(=O)C1CCC(C(=O)N2CCN(C)CC2)CC1. The Balaban J connectivity index is 1.35. The van der Waals surface area contributed by atoms with Gasteiger partial charge in [-0.2, -0.15) is 0 Å². The Hall–Kier alpha value is -1.88. The van der Waals surface area contributed by atoms with E-state index in [1.807, 2.05) is 15.9 Å². The molecule has 5 nitrogen and oxygen atoms in total. The van der Waals surface area contributed by atoms with Crippen LogP contribution in [0.3, 0.4) is 0 Å². The summed E-state index contributed by atoms with van der Waals surface area (Å²) in [5.41, 5.74) is 2.36. The number of benzene rings is 1. The highest BCUT2D eigenvalue weighted by Gasteiger charge is 2.38. The van der Waals surface area contributed by atoms with Gasteiger partial charge in [0.2, 0.25) is 11.8 Å². The van der Waals surface area contributed by atoms with Crippen LogP contribution in [0.25, 0.3) is 0 Å². The summed E-state index contributed by atoms with van der Waals surface area (Å²) in [5, 5.41) is 0. The summed E-state index contributed by atoms with van der Waals surface area (Å²) < 4.78 is 0. The summed E-state index contributed by atoms with van der Waals surface area (Å²) in [6.45, 7) is 5.75. The van der Waals surface area contributed by atoms with Gasteiger partial charge in [-0.25, -0.2) is 0 Å². The maximum absolute atomic E-state index is 13.2. The summed E-state index contributed by atoms with van der Waals surface area (Å²) in [6, 6.07) is 8.50. The molecule has 1 unspecified atom stereocenters. The third-order valence-corrected chi connectivity index (χ3v) is 6.69. The van der Waals surface area contributed by atoms with Gasteiger partial charge in [-0.15, -0.1) is 0 Å². The molecule has 0 bridgehead atoms. The Morgan fingerprint density at radius 1 is 0.889 bits per heavy atom. The monoisotopic (exact) mass is 369 g/mol. The fourth-order valence-corrected chi connectivity index (χ4v) is 4.97. The molecule has 0 N–H and O–H groups in total. The number of hydrogen-bond acceptors (Lipinski definition) is 3. The van der Waals surface area contributed by atoms with E-state index in [0.717, 1.165) is 64.0 Å². The number of likely N-dealkylation sites (N-methyl/N-ethyl adjacent to an activating group) is 1. The van der Waals surface area contributed by atoms with E-state index in [1.165, 1.54) is 5.56 Å². The largest absolute Gasteiger partial charge is 0.340 e. The lowest BCUT2D eigenvalue weighted by Crippen LogP contribution is -2.49. The van der Waals surface area contributed by atoms with Crippen LogP contribution in [0, 0.1) is 11.8 Å². The smallest absolute Gasteiger partial charge is 0.230 e. The molecule has 0 radical (unpaired) electrons. The van der Waals surface area contributed by atoms with Crippen molar-refractivity contribution in [1.29, 1.82) is 0 Å². The first-order valence-electron chi connectivity index (χ1n) is 10.4. The predicted molar refractivity (Wildman–Crippen MR) is 107 cm³/mol. The molecule has 0 spiro atoms. The van der Waals surface area contributed by atoms with Crippen LogP contribution >= 0.6 is 0 Å². The molecule has 2 aliphatic heterocycles. The molecule has 1 aromatic carbocycles. The maximum Gasteiger partial charge on any atom is 0.230 e. The van der Waals surface area contributed by atoms with E-state index < -0.39 is 0 Å². The van der Waals surface area contributed by atoms with Crippen molar-refractivity contribution >= 4 is 17.5 Å². The first-order valence-corrected chi connectivity index (χ1v) is 10.4. The number of carbonyl (C=O) groups is 2. The Kier molecular flexibility index (Phi) is 5.22. The zero-order valence-corrected chi connectivity index (χ0v) is 16.6. The zero-order valence-electron chi connectivity index (χ0n) is 16.6. The number of hydrogen-bond donors (Lipinski definition) is 0. The van der Waals surface area contributed by atoms with E-state index in [9.17, 15) is 9.59 Å². The number of piperazine rings is 1. The number of rotatable bonds is 2. The van der Waals surface area contributed by atoms with Crippen LogP contribution in [0.4, 0.5) is 5.69 Å². The molecular weight excluding hydrogens is 338 g/mol. The number of nitrogens with zero attached hydrogens (tertiary/aromatic N) is 3. The molecule has 146 valence electrons. The average Bonchev–Trinajstić information content (AvgIpc) is 3.03. The predicted octanol–water partition coefficient (Wildman–Crippen LogP) is 2.54. The first kappa shape index (κ1) is 18.5. The molecule has 2 fully saturated rings. The molecule has 3 aliphatic rings. The summed E-state index contributed by atoms with van der Waals surface area (Å²) in [5.74, 6) is 0.753. The van der Waals surface area contributed by atoms with Gasteiger partial charge < -0.3 is 14.7 Å². The normalized spacial score (nSPS) is 28.9. The lowest BCUT2D eigenvalue weighted by molar-refractivity contribution is -0.139. The number of anilines is 1. The van der Waals surface area contributed by atoms with Crippen molar-refractivity contribution in [3.63, 3.8) is 0 Å². The minimum absolute atomic E-state index is 0.0649. The van der Waals surface area contributed by atoms with E-state index >= 15 is 0 Å². The number of fused-ring (bicyclic) bond motifs is 1. The van der Waals surface area contributed by atoms with Crippen LogP contribution in [0.1, 0.15) is 38.2 Å². The van der Waals surface area contributed by atoms with Crippen molar-refractivity contribution < 1.29 is 9.59 Å². The zero-order chi connectivity index (χ0) is 19.0. The minimum Gasteiger partial charge on any atom is -0.340 e. The van der Waals surface area contributed by atoms with Gasteiger partial charge in [-0.3, -0.25) is 9.59 Å². The fraction of sp³-hybridized carbons (Fsp3) is 0.636. The van der Waals surface area contributed by atoms with Crippen molar-refractivity contribution in [2.45, 2.75) is 45.1 Å². The van der Waals surface area contributed by atoms with Gasteiger partial charge in [0.1, 0.15) is 0 Å². The Bertz CT molecular complexity index is 703. The standard InChI is InChI=1S/C22H31N3O2/c1-16-15-19-5-3-4-6-20(19)25(16)22(27)18-9-7-17(8-10-18)21(26)24-13-11-23(2)12-14-24/h3-6,16-18H,7-15H2,1-2H3. The molecule has 1 atom stereocenters. The van der Waals surface area contributed by atoms with Crippen LogP contribution in [0.15, 0.2) is 24.3 Å². The van der Waals surface area contributed by atoms with Crippen molar-refractivity contribution in [1.82, 2.24) is 9.80 Å². The second-order valence-electron chi connectivity index (χ2n) is 8.57. The second kappa shape index (κ2) is 7.63. The van der Waals surface area contributed by atoms with E-state index in [-0.39, 0.29) is 23.8 Å². The third-order valence-electron chi connectivity index (χ3n) is 6.69. The van der Waals surface area contributed by atoms with Gasteiger partial charge in [-0.05, 0) is 57.7 Å². The maximum atomic E-state index is 13.2. The molecule has 1 aromatic rings. The highest BCUT2D eigenvalue weighted by Crippen LogP contribution is 2.37. The summed E-state index contributed by atoms with van der Waals surface area (Å²) in [6.07, 6.45) is 4.33. The Morgan fingerprint density at radius 3 is 2.15 bits per heavy atom. The Labute approximate surface area is 162 Å². The van der Waals surface area contributed by atoms with Crippen molar-refractivity contribution in [3.05, 3.63) is 29.8 Å². The van der Waals surface area contributed by atoms with Crippen molar-refractivity contribution in [2.24, 2.45) is 11.8 Å². The van der Waals surface area contributed by atoms with Crippen LogP contribution in [-0.2, 0) is 16.0 Å². The lowest BCUT2D eigenvalue weighted by atomic mass is 9.80. The molecule has 2 amide bonds. The Morgan fingerprint density at radius 2 is 1.48 bits per heavy atom. The fourth-order valence-electron chi connectivity index (χ4n) is 4.97. The van der Waals surface area contributed by atoms with E-state index in [1.54, 1.807) is 0 Å². The van der Waals surface area contributed by atoms with Gasteiger partial charge in [-0.1, -0.05) is 18.2 Å². The molecule has 1 saturated carbocycles. The van der Waals surface area contributed by atoms with Crippen molar-refractivity contribution in [2.75, 3.05) is 38.1 Å². The third kappa shape index (κ3) is 3.62. The minimum atomic E-state index is 0.0649.